The van der Waals surface area contributed by atoms with Crippen molar-refractivity contribution < 1.29 is 9.53 Å². The molecule has 10 heteroatoms. The summed E-state index contributed by atoms with van der Waals surface area (Å²) in [6.45, 7) is 9.48. The molecule has 0 spiro atoms. The summed E-state index contributed by atoms with van der Waals surface area (Å²) >= 11 is 1.56. The minimum atomic E-state index is 0.00564. The first-order valence-electron chi connectivity index (χ1n) is 10.7. The Bertz CT molecular complexity index is 1030. The lowest BCUT2D eigenvalue weighted by atomic mass is 10.2. The Morgan fingerprint density at radius 1 is 1.16 bits per heavy atom. The van der Waals surface area contributed by atoms with Crippen LogP contribution in [0.15, 0.2) is 30.2 Å². The average Bonchev–Trinajstić information content (AvgIpc) is 3.36. The number of ether oxygens (including phenoxy) is 1. The van der Waals surface area contributed by atoms with Gasteiger partial charge in [-0.2, -0.15) is 0 Å². The smallest absolute Gasteiger partial charge is 0.274 e. The van der Waals surface area contributed by atoms with Crippen molar-refractivity contribution in [3.05, 3.63) is 41.6 Å². The van der Waals surface area contributed by atoms with Crippen LogP contribution in [0.5, 0.6) is 0 Å². The van der Waals surface area contributed by atoms with Crippen molar-refractivity contribution in [2.75, 3.05) is 44.2 Å². The van der Waals surface area contributed by atoms with E-state index in [9.17, 15) is 4.79 Å². The van der Waals surface area contributed by atoms with Crippen LogP contribution in [0.4, 0.5) is 5.82 Å². The number of aromatic nitrogens is 4. The zero-order chi connectivity index (χ0) is 21.4. The molecule has 1 amide bonds. The molecule has 9 nitrogen and oxygen atoms in total. The topological polar surface area (TPSA) is 79.1 Å². The first kappa shape index (κ1) is 20.3. The van der Waals surface area contributed by atoms with Crippen LogP contribution in [0.2, 0.25) is 0 Å². The number of carbonyl (C=O) groups is 1. The van der Waals surface area contributed by atoms with E-state index in [2.05, 4.69) is 24.2 Å². The van der Waals surface area contributed by atoms with Gasteiger partial charge in [0.25, 0.3) is 5.91 Å². The fourth-order valence-electron chi connectivity index (χ4n) is 4.45. The standard InChI is InChI=1S/C21H27N7O2S/c1-15-12-27(13-16(2)30-15)20(29)19-17(28-9-10-31-21(28)24-19)14-25-5-7-26(8-6-25)18-11-22-3-4-23-18/h3-4,9-11,15-16H,5-8,12-14H2,1-2H3/t15-,16+. The van der Waals surface area contributed by atoms with Crippen molar-refractivity contribution in [1.82, 2.24) is 29.2 Å². The van der Waals surface area contributed by atoms with Crippen LogP contribution in [-0.4, -0.2) is 86.5 Å². The number of rotatable bonds is 4. The Kier molecular flexibility index (Phi) is 5.59. The highest BCUT2D eigenvalue weighted by Crippen LogP contribution is 2.23. The SMILES string of the molecule is C[C@@H]1CN(C(=O)c2nc3sccn3c2CN2CCN(c3cnccn3)CC2)C[C@H](C)O1. The van der Waals surface area contributed by atoms with Gasteiger partial charge >= 0.3 is 0 Å². The monoisotopic (exact) mass is 441 g/mol. The number of amides is 1. The number of fused-ring (bicyclic) bond motifs is 1. The van der Waals surface area contributed by atoms with Gasteiger partial charge in [-0.05, 0) is 13.8 Å². The molecule has 0 radical (unpaired) electrons. The van der Waals surface area contributed by atoms with E-state index >= 15 is 0 Å². The summed E-state index contributed by atoms with van der Waals surface area (Å²) in [5.41, 5.74) is 1.55. The molecule has 2 fully saturated rings. The van der Waals surface area contributed by atoms with Crippen molar-refractivity contribution >= 4 is 28.0 Å². The summed E-state index contributed by atoms with van der Waals surface area (Å²) in [6.07, 6.45) is 7.32. The zero-order valence-corrected chi connectivity index (χ0v) is 18.7. The second kappa shape index (κ2) is 8.52. The predicted molar refractivity (Wildman–Crippen MR) is 119 cm³/mol. The Labute approximate surface area is 185 Å². The number of imidazole rings is 1. The van der Waals surface area contributed by atoms with Crippen LogP contribution in [0, 0.1) is 0 Å². The third-order valence-electron chi connectivity index (χ3n) is 5.89. The van der Waals surface area contributed by atoms with Crippen LogP contribution in [0.1, 0.15) is 30.0 Å². The molecule has 3 aromatic heterocycles. The molecule has 2 atom stereocenters. The maximum atomic E-state index is 13.4. The van der Waals surface area contributed by atoms with E-state index in [0.29, 0.717) is 25.3 Å². The van der Waals surface area contributed by atoms with Crippen LogP contribution in [-0.2, 0) is 11.3 Å². The number of carbonyl (C=O) groups excluding carboxylic acids is 1. The minimum Gasteiger partial charge on any atom is -0.372 e. The van der Waals surface area contributed by atoms with Crippen molar-refractivity contribution in [3.8, 4) is 0 Å². The van der Waals surface area contributed by atoms with E-state index in [1.54, 1.807) is 23.7 Å². The maximum absolute atomic E-state index is 13.4. The molecular weight excluding hydrogens is 414 g/mol. The van der Waals surface area contributed by atoms with E-state index in [1.165, 1.54) is 0 Å². The molecule has 2 aliphatic heterocycles. The summed E-state index contributed by atoms with van der Waals surface area (Å²) in [4.78, 5) is 34.1. The fraction of sp³-hybridized carbons (Fsp3) is 0.524. The molecule has 0 bridgehead atoms. The summed E-state index contributed by atoms with van der Waals surface area (Å²) in [6, 6.07) is 0. The highest BCUT2D eigenvalue weighted by Gasteiger charge is 2.31. The summed E-state index contributed by atoms with van der Waals surface area (Å²) in [5.74, 6) is 0.921. The average molecular weight is 442 g/mol. The quantitative estimate of drug-likeness (QED) is 0.610. The number of morpholine rings is 1. The van der Waals surface area contributed by atoms with E-state index in [4.69, 9.17) is 9.72 Å². The molecule has 5 rings (SSSR count). The molecule has 2 aliphatic rings. The molecule has 0 aliphatic carbocycles. The van der Waals surface area contributed by atoms with Crippen LogP contribution >= 0.6 is 11.3 Å². The number of nitrogens with zero attached hydrogens (tertiary/aromatic N) is 7. The molecule has 0 aromatic carbocycles. The summed E-state index contributed by atoms with van der Waals surface area (Å²) in [7, 11) is 0. The van der Waals surface area contributed by atoms with E-state index in [1.807, 2.05) is 36.5 Å². The molecule has 3 aromatic rings. The molecule has 0 saturated carbocycles. The molecule has 2 saturated heterocycles. The lowest BCUT2D eigenvalue weighted by Gasteiger charge is -2.36. The predicted octanol–water partition coefficient (Wildman–Crippen LogP) is 1.76. The van der Waals surface area contributed by atoms with Crippen molar-refractivity contribution in [3.63, 3.8) is 0 Å². The van der Waals surface area contributed by atoms with Gasteiger partial charge < -0.3 is 14.5 Å². The molecule has 164 valence electrons. The van der Waals surface area contributed by atoms with E-state index in [0.717, 1.165) is 42.7 Å². The van der Waals surface area contributed by atoms with Crippen molar-refractivity contribution in [2.24, 2.45) is 0 Å². The third kappa shape index (κ3) is 4.15. The van der Waals surface area contributed by atoms with Gasteiger partial charge in [-0.3, -0.25) is 19.1 Å². The molecular formula is C21H27N7O2S. The zero-order valence-electron chi connectivity index (χ0n) is 17.8. The summed E-state index contributed by atoms with van der Waals surface area (Å²) in [5, 5.41) is 2.02. The van der Waals surface area contributed by atoms with E-state index in [-0.39, 0.29) is 18.1 Å². The first-order chi connectivity index (χ1) is 15.1. The van der Waals surface area contributed by atoms with Crippen LogP contribution in [0.25, 0.3) is 4.96 Å². The highest BCUT2D eigenvalue weighted by molar-refractivity contribution is 7.15. The van der Waals surface area contributed by atoms with Crippen molar-refractivity contribution in [1.29, 1.82) is 0 Å². The normalized spacial score (nSPS) is 22.9. The largest absolute Gasteiger partial charge is 0.372 e. The number of hydrogen-bond donors (Lipinski definition) is 0. The lowest BCUT2D eigenvalue weighted by molar-refractivity contribution is -0.0587. The van der Waals surface area contributed by atoms with Gasteiger partial charge in [0, 0.05) is 69.8 Å². The Hall–Kier alpha value is -2.56. The van der Waals surface area contributed by atoms with Gasteiger partial charge in [-0.1, -0.05) is 0 Å². The van der Waals surface area contributed by atoms with Gasteiger partial charge in [0.15, 0.2) is 10.7 Å². The minimum absolute atomic E-state index is 0.00564. The fourth-order valence-corrected chi connectivity index (χ4v) is 5.18. The highest BCUT2D eigenvalue weighted by atomic mass is 32.1. The van der Waals surface area contributed by atoms with Crippen LogP contribution < -0.4 is 4.90 Å². The summed E-state index contributed by atoms with van der Waals surface area (Å²) < 4.78 is 7.87. The first-order valence-corrected chi connectivity index (χ1v) is 11.6. The van der Waals surface area contributed by atoms with Crippen LogP contribution in [0.3, 0.4) is 0 Å². The lowest BCUT2D eigenvalue weighted by Crippen LogP contribution is -2.49. The number of piperazine rings is 1. The van der Waals surface area contributed by atoms with E-state index < -0.39 is 0 Å². The molecule has 0 N–H and O–H groups in total. The van der Waals surface area contributed by atoms with Gasteiger partial charge in [-0.15, -0.1) is 11.3 Å². The second-order valence-corrected chi connectivity index (χ2v) is 9.13. The second-order valence-electron chi connectivity index (χ2n) is 8.26. The number of anilines is 1. The number of thiazole rings is 1. The molecule has 0 unspecified atom stereocenters. The Balaban J connectivity index is 1.33. The van der Waals surface area contributed by atoms with Crippen molar-refractivity contribution in [2.45, 2.75) is 32.6 Å². The number of hydrogen-bond acceptors (Lipinski definition) is 8. The van der Waals surface area contributed by atoms with Gasteiger partial charge in [-0.25, -0.2) is 9.97 Å². The van der Waals surface area contributed by atoms with Gasteiger partial charge in [0.2, 0.25) is 0 Å². The molecule has 5 heterocycles. The Morgan fingerprint density at radius 3 is 2.65 bits per heavy atom. The Morgan fingerprint density at radius 2 is 1.94 bits per heavy atom. The third-order valence-corrected chi connectivity index (χ3v) is 6.65. The van der Waals surface area contributed by atoms with Gasteiger partial charge in [0.05, 0.1) is 24.1 Å². The maximum Gasteiger partial charge on any atom is 0.274 e. The molecule has 31 heavy (non-hydrogen) atoms. The van der Waals surface area contributed by atoms with Gasteiger partial charge in [0.1, 0.15) is 5.82 Å².